The van der Waals surface area contributed by atoms with Crippen molar-refractivity contribution in [3.05, 3.63) is 58.1 Å². The van der Waals surface area contributed by atoms with E-state index in [0.717, 1.165) is 35.7 Å². The molecule has 1 saturated carbocycles. The van der Waals surface area contributed by atoms with E-state index in [1.165, 1.54) is 22.7 Å². The number of rotatable bonds is 10. The van der Waals surface area contributed by atoms with E-state index in [1.54, 1.807) is 50.9 Å². The Hall–Kier alpha value is -4.04. The highest BCUT2D eigenvalue weighted by atomic mass is 32.1. The quantitative estimate of drug-likeness (QED) is 0.281. The summed E-state index contributed by atoms with van der Waals surface area (Å²) >= 11 is 2.78. The second kappa shape index (κ2) is 12.9. The molecule has 0 aromatic carbocycles. The van der Waals surface area contributed by atoms with Gasteiger partial charge in [-0.05, 0) is 43.5 Å². The van der Waals surface area contributed by atoms with E-state index >= 15 is 0 Å². The van der Waals surface area contributed by atoms with E-state index in [9.17, 15) is 9.59 Å². The minimum Gasteiger partial charge on any atom is -0.495 e. The van der Waals surface area contributed by atoms with Crippen molar-refractivity contribution in [1.29, 1.82) is 0 Å². The molecule has 2 amide bonds. The van der Waals surface area contributed by atoms with Crippen molar-refractivity contribution in [2.24, 2.45) is 0 Å². The maximum Gasteiger partial charge on any atom is 0.232 e. The zero-order valence-electron chi connectivity index (χ0n) is 22.0. The summed E-state index contributed by atoms with van der Waals surface area (Å²) in [6, 6.07) is 7.06. The smallest absolute Gasteiger partial charge is 0.232 e. The first-order valence-electron chi connectivity index (χ1n) is 12.7. The van der Waals surface area contributed by atoms with Crippen LogP contribution in [0.15, 0.2) is 36.7 Å². The average molecular weight is 581 g/mol. The van der Waals surface area contributed by atoms with Gasteiger partial charge in [-0.3, -0.25) is 19.6 Å². The van der Waals surface area contributed by atoms with E-state index < -0.39 is 0 Å². The Bertz CT molecular complexity index is 1370. The van der Waals surface area contributed by atoms with Crippen LogP contribution in [-0.4, -0.2) is 56.4 Å². The Labute approximate surface area is 238 Å². The van der Waals surface area contributed by atoms with Crippen molar-refractivity contribution in [1.82, 2.24) is 30.4 Å². The molecule has 0 bridgehead atoms. The SMILES string of the molecule is COc1cccnc1CC(=O)Nc1nnc(C2CCC[C@H](c3nnc(NC(=O)Cc4ncccc4OC)s3)C2)s1. The van der Waals surface area contributed by atoms with Crippen LogP contribution in [0.25, 0.3) is 0 Å². The van der Waals surface area contributed by atoms with Crippen LogP contribution < -0.4 is 20.1 Å². The Morgan fingerprint density at radius 2 is 1.27 bits per heavy atom. The summed E-state index contributed by atoms with van der Waals surface area (Å²) in [5, 5.41) is 25.5. The van der Waals surface area contributed by atoms with Gasteiger partial charge in [0.05, 0.1) is 38.4 Å². The number of hydrogen-bond donors (Lipinski definition) is 2. The van der Waals surface area contributed by atoms with Crippen LogP contribution in [0.1, 0.15) is 58.9 Å². The number of methoxy groups -OCH3 is 2. The number of carbonyl (C=O) groups is 2. The van der Waals surface area contributed by atoms with Crippen molar-refractivity contribution in [2.75, 3.05) is 24.9 Å². The molecule has 14 heteroatoms. The van der Waals surface area contributed by atoms with Crippen LogP contribution in [0.2, 0.25) is 0 Å². The molecule has 0 saturated heterocycles. The van der Waals surface area contributed by atoms with Crippen molar-refractivity contribution in [3.63, 3.8) is 0 Å². The van der Waals surface area contributed by atoms with E-state index in [2.05, 4.69) is 41.0 Å². The molecular weight excluding hydrogens is 552 g/mol. The third-order valence-electron chi connectivity index (χ3n) is 6.54. The average Bonchev–Trinajstić information content (AvgIpc) is 3.63. The normalized spacial score (nSPS) is 16.8. The second-order valence-electron chi connectivity index (χ2n) is 9.21. The summed E-state index contributed by atoms with van der Waals surface area (Å²) in [6.07, 6.45) is 7.24. The number of amides is 2. The maximum absolute atomic E-state index is 12.6. The van der Waals surface area contributed by atoms with Crippen LogP contribution in [0, 0.1) is 0 Å². The summed E-state index contributed by atoms with van der Waals surface area (Å²) in [4.78, 5) is 33.6. The van der Waals surface area contributed by atoms with Crippen molar-refractivity contribution < 1.29 is 19.1 Å². The Morgan fingerprint density at radius 1 is 0.800 bits per heavy atom. The van der Waals surface area contributed by atoms with Crippen LogP contribution in [0.4, 0.5) is 10.3 Å². The van der Waals surface area contributed by atoms with E-state index in [1.807, 2.05) is 0 Å². The molecular formula is C26H28N8O4S2. The topological polar surface area (TPSA) is 154 Å². The zero-order chi connectivity index (χ0) is 27.9. The standard InChI is InChI=1S/C26H28N8O4S2/c1-37-19-8-4-10-27-17(19)13-21(35)29-25-33-31-23(39-25)15-6-3-7-16(12-15)24-32-34-26(40-24)30-22(36)14-18-20(38-2)9-5-11-28-18/h4-5,8-11,15-16H,3,6-7,12-14H2,1-2H3,(H,29,33,35)(H,30,34,36)/t15-,16?/m0/s1. The minimum absolute atomic E-state index is 0.0791. The van der Waals surface area contributed by atoms with E-state index in [0.29, 0.717) is 33.1 Å². The highest BCUT2D eigenvalue weighted by molar-refractivity contribution is 7.15. The van der Waals surface area contributed by atoms with Crippen LogP contribution >= 0.6 is 22.7 Å². The molecule has 4 heterocycles. The number of anilines is 2. The molecule has 0 radical (unpaired) electrons. The highest BCUT2D eigenvalue weighted by Gasteiger charge is 2.29. The summed E-state index contributed by atoms with van der Waals surface area (Å²) in [5.41, 5.74) is 1.12. The van der Waals surface area contributed by atoms with E-state index in [4.69, 9.17) is 9.47 Å². The van der Waals surface area contributed by atoms with Gasteiger partial charge in [-0.2, -0.15) is 0 Å². The number of nitrogens with one attached hydrogen (secondary N) is 2. The molecule has 40 heavy (non-hydrogen) atoms. The predicted octanol–water partition coefficient (Wildman–Crippen LogP) is 4.00. The first-order chi connectivity index (χ1) is 19.5. The molecule has 4 aromatic heterocycles. The molecule has 12 nitrogen and oxygen atoms in total. The van der Waals surface area contributed by atoms with E-state index in [-0.39, 0.29) is 36.5 Å². The van der Waals surface area contributed by atoms with Gasteiger partial charge in [0.25, 0.3) is 0 Å². The van der Waals surface area contributed by atoms with Crippen molar-refractivity contribution in [3.8, 4) is 11.5 Å². The minimum atomic E-state index is -0.230. The zero-order valence-corrected chi connectivity index (χ0v) is 23.6. The predicted molar refractivity (Wildman–Crippen MR) is 150 cm³/mol. The molecule has 2 atom stereocenters. The molecule has 4 aromatic rings. The third kappa shape index (κ3) is 6.74. The Balaban J connectivity index is 1.16. The van der Waals surface area contributed by atoms with Gasteiger partial charge in [0.2, 0.25) is 22.1 Å². The lowest BCUT2D eigenvalue weighted by Gasteiger charge is -2.25. The van der Waals surface area contributed by atoms with Crippen LogP contribution in [0.5, 0.6) is 11.5 Å². The number of nitrogens with zero attached hydrogens (tertiary/aromatic N) is 6. The molecule has 208 valence electrons. The van der Waals surface area contributed by atoms with Crippen molar-refractivity contribution in [2.45, 2.75) is 50.4 Å². The fourth-order valence-corrected chi connectivity index (χ4v) is 6.47. The van der Waals surface area contributed by atoms with Gasteiger partial charge in [0, 0.05) is 24.2 Å². The molecule has 1 aliphatic rings. The molecule has 0 spiro atoms. The molecule has 1 unspecified atom stereocenters. The largest absolute Gasteiger partial charge is 0.495 e. The van der Waals surface area contributed by atoms with Gasteiger partial charge in [-0.25, -0.2) is 0 Å². The van der Waals surface area contributed by atoms with Crippen LogP contribution in [0.3, 0.4) is 0 Å². The van der Waals surface area contributed by atoms with Gasteiger partial charge >= 0.3 is 0 Å². The molecule has 1 aliphatic carbocycles. The molecule has 1 fully saturated rings. The summed E-state index contributed by atoms with van der Waals surface area (Å²) in [6.45, 7) is 0. The van der Waals surface area contributed by atoms with Gasteiger partial charge in [-0.15, -0.1) is 20.4 Å². The number of hydrogen-bond acceptors (Lipinski definition) is 12. The third-order valence-corrected chi connectivity index (χ3v) is 8.54. The summed E-state index contributed by atoms with van der Waals surface area (Å²) in [7, 11) is 3.10. The lowest BCUT2D eigenvalue weighted by molar-refractivity contribution is -0.116. The number of pyridine rings is 2. The first kappa shape index (κ1) is 27.5. The summed E-state index contributed by atoms with van der Waals surface area (Å²) < 4.78 is 10.5. The molecule has 5 rings (SSSR count). The molecule has 0 aliphatic heterocycles. The van der Waals surface area contributed by atoms with Crippen molar-refractivity contribution >= 4 is 44.8 Å². The van der Waals surface area contributed by atoms with Gasteiger partial charge < -0.3 is 20.1 Å². The maximum atomic E-state index is 12.6. The Kier molecular flexibility index (Phi) is 8.86. The number of carbonyl (C=O) groups excluding carboxylic acids is 2. The monoisotopic (exact) mass is 580 g/mol. The second-order valence-corrected chi connectivity index (χ2v) is 11.2. The summed E-state index contributed by atoms with van der Waals surface area (Å²) in [5.74, 6) is 1.08. The van der Waals surface area contributed by atoms with Gasteiger partial charge in [0.15, 0.2) is 0 Å². The van der Waals surface area contributed by atoms with Gasteiger partial charge in [-0.1, -0.05) is 29.1 Å². The van der Waals surface area contributed by atoms with Crippen LogP contribution in [-0.2, 0) is 22.4 Å². The lowest BCUT2D eigenvalue weighted by Crippen LogP contribution is -2.15. The number of ether oxygens (including phenoxy) is 2. The fraction of sp³-hybridized carbons (Fsp3) is 0.385. The Morgan fingerprint density at radius 3 is 1.73 bits per heavy atom. The first-order valence-corrected chi connectivity index (χ1v) is 14.4. The number of aromatic nitrogens is 6. The molecule has 2 N–H and O–H groups in total. The lowest BCUT2D eigenvalue weighted by atomic mass is 9.82. The fourth-order valence-electron chi connectivity index (χ4n) is 4.65. The highest BCUT2D eigenvalue weighted by Crippen LogP contribution is 2.43. The van der Waals surface area contributed by atoms with Gasteiger partial charge in [0.1, 0.15) is 21.5 Å².